The third-order valence-corrected chi connectivity index (χ3v) is 2.33. The fraction of sp³-hybridized carbons (Fsp3) is 0.200. The van der Waals surface area contributed by atoms with Crippen molar-refractivity contribution in [2.45, 2.75) is 6.04 Å². The summed E-state index contributed by atoms with van der Waals surface area (Å²) in [5.41, 5.74) is 5.99. The molecule has 2 rings (SSSR count). The second kappa shape index (κ2) is 3.82. The number of nitro groups is 1. The molecule has 0 unspecified atom stereocenters. The van der Waals surface area contributed by atoms with E-state index in [-0.39, 0.29) is 12.5 Å². The van der Waals surface area contributed by atoms with Crippen LogP contribution in [0.5, 0.6) is 11.5 Å². The van der Waals surface area contributed by atoms with Crippen LogP contribution in [0.25, 0.3) is 0 Å². The topological polar surface area (TPSA) is 87.6 Å². The van der Waals surface area contributed by atoms with Crippen LogP contribution in [0.15, 0.2) is 24.8 Å². The van der Waals surface area contributed by atoms with E-state index >= 15 is 0 Å². The van der Waals surface area contributed by atoms with Crippen molar-refractivity contribution in [1.29, 1.82) is 0 Å². The summed E-state index contributed by atoms with van der Waals surface area (Å²) < 4.78 is 10.2. The van der Waals surface area contributed by atoms with Crippen LogP contribution in [0.2, 0.25) is 0 Å². The van der Waals surface area contributed by atoms with Gasteiger partial charge in [-0.2, -0.15) is 0 Å². The van der Waals surface area contributed by atoms with E-state index < -0.39 is 11.0 Å². The van der Waals surface area contributed by atoms with Crippen molar-refractivity contribution in [1.82, 2.24) is 0 Å². The molecule has 2 N–H and O–H groups in total. The van der Waals surface area contributed by atoms with Crippen molar-refractivity contribution < 1.29 is 14.4 Å². The molecule has 1 aromatic carbocycles. The van der Waals surface area contributed by atoms with Gasteiger partial charge in [0.05, 0.1) is 22.6 Å². The van der Waals surface area contributed by atoms with Gasteiger partial charge >= 0.3 is 0 Å². The van der Waals surface area contributed by atoms with Crippen LogP contribution in [0.3, 0.4) is 0 Å². The molecule has 0 aromatic heterocycles. The maximum absolute atomic E-state index is 10.9. The molecule has 0 fully saturated rings. The molecular weight excluding hydrogens is 212 g/mol. The van der Waals surface area contributed by atoms with E-state index in [1.165, 1.54) is 18.2 Å². The number of benzene rings is 1. The summed E-state index contributed by atoms with van der Waals surface area (Å²) in [5.74, 6) is 0.838. The standard InChI is InChI=1S/C10H10N2O4/c1-2-7(11)6-3-9-10(16-5-15-9)4-8(6)12(13)14/h2-4,7H,1,5,11H2/t7-/m0/s1. The zero-order valence-electron chi connectivity index (χ0n) is 8.38. The van der Waals surface area contributed by atoms with Gasteiger partial charge in [0.15, 0.2) is 11.5 Å². The van der Waals surface area contributed by atoms with E-state index in [1.807, 2.05) is 0 Å². The van der Waals surface area contributed by atoms with Crippen LogP contribution in [-0.2, 0) is 0 Å². The summed E-state index contributed by atoms with van der Waals surface area (Å²) in [5, 5.41) is 10.9. The van der Waals surface area contributed by atoms with E-state index in [1.54, 1.807) is 0 Å². The monoisotopic (exact) mass is 222 g/mol. The zero-order valence-corrected chi connectivity index (χ0v) is 8.38. The van der Waals surface area contributed by atoms with Crippen molar-refractivity contribution in [2.75, 3.05) is 6.79 Å². The zero-order chi connectivity index (χ0) is 11.7. The van der Waals surface area contributed by atoms with Gasteiger partial charge in [-0.3, -0.25) is 10.1 Å². The number of nitro benzene ring substituents is 1. The molecule has 1 aliphatic heterocycles. The number of nitrogens with two attached hydrogens (primary N) is 1. The second-order valence-corrected chi connectivity index (χ2v) is 3.28. The average Bonchev–Trinajstić information content (AvgIpc) is 2.73. The van der Waals surface area contributed by atoms with Crippen molar-refractivity contribution in [3.8, 4) is 11.5 Å². The van der Waals surface area contributed by atoms with E-state index in [0.717, 1.165) is 0 Å². The number of ether oxygens (including phenoxy) is 2. The van der Waals surface area contributed by atoms with Crippen LogP contribution in [0.1, 0.15) is 11.6 Å². The third-order valence-electron chi connectivity index (χ3n) is 2.33. The Labute approximate surface area is 91.4 Å². The van der Waals surface area contributed by atoms with Crippen LogP contribution in [0.4, 0.5) is 5.69 Å². The summed E-state index contributed by atoms with van der Waals surface area (Å²) in [7, 11) is 0. The minimum Gasteiger partial charge on any atom is -0.454 e. The van der Waals surface area contributed by atoms with Crippen molar-refractivity contribution in [3.63, 3.8) is 0 Å². The van der Waals surface area contributed by atoms with Crippen molar-refractivity contribution >= 4 is 5.69 Å². The summed E-state index contributed by atoms with van der Waals surface area (Å²) in [6.45, 7) is 3.58. The lowest BCUT2D eigenvalue weighted by atomic mass is 10.0. The fourth-order valence-electron chi connectivity index (χ4n) is 1.50. The molecular formula is C10H10N2O4. The van der Waals surface area contributed by atoms with E-state index in [2.05, 4.69) is 6.58 Å². The second-order valence-electron chi connectivity index (χ2n) is 3.28. The van der Waals surface area contributed by atoms with Gasteiger partial charge in [-0.1, -0.05) is 6.08 Å². The van der Waals surface area contributed by atoms with Gasteiger partial charge in [0.1, 0.15) is 0 Å². The third kappa shape index (κ3) is 1.59. The molecule has 1 aromatic rings. The summed E-state index contributed by atoms with van der Waals surface area (Å²) >= 11 is 0. The van der Waals surface area contributed by atoms with Gasteiger partial charge in [-0.25, -0.2) is 0 Å². The van der Waals surface area contributed by atoms with Gasteiger partial charge < -0.3 is 15.2 Å². The molecule has 0 bridgehead atoms. The van der Waals surface area contributed by atoms with Gasteiger partial charge in [0.2, 0.25) is 6.79 Å². The summed E-state index contributed by atoms with van der Waals surface area (Å²) in [6, 6.07) is 2.24. The molecule has 6 heteroatoms. The van der Waals surface area contributed by atoms with Gasteiger partial charge in [0, 0.05) is 0 Å². The molecule has 1 aliphatic rings. The number of fused-ring (bicyclic) bond motifs is 1. The smallest absolute Gasteiger partial charge is 0.278 e. The SMILES string of the molecule is C=C[C@H](N)c1cc2c(cc1[N+](=O)[O-])OCO2. The van der Waals surface area contributed by atoms with Crippen LogP contribution in [-0.4, -0.2) is 11.7 Å². The first-order valence-corrected chi connectivity index (χ1v) is 4.59. The summed E-state index contributed by atoms with van der Waals surface area (Å²) in [4.78, 5) is 10.4. The minimum atomic E-state index is -0.602. The average molecular weight is 222 g/mol. The Bertz CT molecular complexity index is 458. The predicted octanol–water partition coefficient (Wildman–Crippen LogP) is 1.51. The van der Waals surface area contributed by atoms with Crippen LogP contribution in [0, 0.1) is 10.1 Å². The normalized spacial score (nSPS) is 14.6. The van der Waals surface area contributed by atoms with E-state index in [4.69, 9.17) is 15.2 Å². The lowest BCUT2D eigenvalue weighted by molar-refractivity contribution is -0.385. The molecule has 0 amide bonds. The van der Waals surface area contributed by atoms with Crippen LogP contribution < -0.4 is 15.2 Å². The van der Waals surface area contributed by atoms with Gasteiger partial charge in [0.25, 0.3) is 5.69 Å². The number of rotatable bonds is 3. The molecule has 6 nitrogen and oxygen atoms in total. The maximum atomic E-state index is 10.9. The largest absolute Gasteiger partial charge is 0.454 e. The minimum absolute atomic E-state index is 0.0687. The Morgan fingerprint density at radius 3 is 2.69 bits per heavy atom. The highest BCUT2D eigenvalue weighted by Gasteiger charge is 2.25. The highest BCUT2D eigenvalue weighted by molar-refractivity contribution is 5.56. The molecule has 1 heterocycles. The van der Waals surface area contributed by atoms with E-state index in [9.17, 15) is 10.1 Å². The molecule has 0 saturated heterocycles. The summed E-state index contributed by atoms with van der Waals surface area (Å²) in [6.07, 6.45) is 1.44. The molecule has 84 valence electrons. The number of nitrogens with zero attached hydrogens (tertiary/aromatic N) is 1. The molecule has 0 radical (unpaired) electrons. The first-order valence-electron chi connectivity index (χ1n) is 4.59. The fourth-order valence-corrected chi connectivity index (χ4v) is 1.50. The quantitative estimate of drug-likeness (QED) is 0.475. The highest BCUT2D eigenvalue weighted by Crippen LogP contribution is 2.39. The molecule has 0 spiro atoms. The molecule has 1 atom stereocenters. The number of hydrogen-bond acceptors (Lipinski definition) is 5. The lowest BCUT2D eigenvalue weighted by Crippen LogP contribution is -2.09. The van der Waals surface area contributed by atoms with Gasteiger partial charge in [-0.15, -0.1) is 6.58 Å². The Balaban J connectivity index is 2.57. The Kier molecular flexibility index (Phi) is 2.49. The molecule has 16 heavy (non-hydrogen) atoms. The van der Waals surface area contributed by atoms with Crippen molar-refractivity contribution in [3.05, 3.63) is 40.5 Å². The van der Waals surface area contributed by atoms with E-state index in [0.29, 0.717) is 17.1 Å². The lowest BCUT2D eigenvalue weighted by Gasteiger charge is -2.08. The predicted molar refractivity (Wildman–Crippen MR) is 56.3 cm³/mol. The first-order chi connectivity index (χ1) is 7.63. The Hall–Kier alpha value is -2.08. The van der Waals surface area contributed by atoms with Crippen LogP contribution >= 0.6 is 0 Å². The number of hydrogen-bond donors (Lipinski definition) is 1. The first kappa shape index (κ1) is 10.4. The van der Waals surface area contributed by atoms with Crippen molar-refractivity contribution in [2.24, 2.45) is 5.73 Å². The molecule has 0 saturated carbocycles. The Morgan fingerprint density at radius 1 is 1.50 bits per heavy atom. The van der Waals surface area contributed by atoms with Gasteiger partial charge in [-0.05, 0) is 6.07 Å². The molecule has 0 aliphatic carbocycles. The maximum Gasteiger partial charge on any atom is 0.278 e. The Morgan fingerprint density at radius 2 is 2.12 bits per heavy atom. The highest BCUT2D eigenvalue weighted by atomic mass is 16.7.